The summed E-state index contributed by atoms with van der Waals surface area (Å²) in [6, 6.07) is 0. The van der Waals surface area contributed by atoms with Crippen molar-refractivity contribution < 1.29 is 0 Å². The maximum Gasteiger partial charge on any atom is 0.0725 e. The molecule has 0 saturated carbocycles. The summed E-state index contributed by atoms with van der Waals surface area (Å²) in [7, 11) is 0. The van der Waals surface area contributed by atoms with Gasteiger partial charge in [0.15, 0.2) is 0 Å². The quantitative estimate of drug-likeness (QED) is 0.650. The van der Waals surface area contributed by atoms with Crippen LogP contribution in [0.15, 0.2) is 0 Å². The maximum atomic E-state index is 3.64. The van der Waals surface area contributed by atoms with E-state index in [0.717, 1.165) is 6.54 Å². The van der Waals surface area contributed by atoms with Crippen molar-refractivity contribution in [2.75, 3.05) is 32.7 Å². The third-order valence-electron chi connectivity index (χ3n) is 3.33. The Hall–Kier alpha value is -0.120. The molecule has 0 aromatic heterocycles. The lowest BCUT2D eigenvalue weighted by atomic mass is 10.2. The van der Waals surface area contributed by atoms with Crippen LogP contribution in [0.4, 0.5) is 0 Å². The molecule has 0 amide bonds. The first-order chi connectivity index (χ1) is 6.97. The van der Waals surface area contributed by atoms with Crippen LogP contribution in [0, 0.1) is 0 Å². The van der Waals surface area contributed by atoms with Crippen LogP contribution in [-0.4, -0.2) is 43.8 Å². The summed E-state index contributed by atoms with van der Waals surface area (Å²) >= 11 is 0. The van der Waals surface area contributed by atoms with E-state index in [0.29, 0.717) is 6.17 Å². The summed E-state index contributed by atoms with van der Waals surface area (Å²) in [6.45, 7) is 6.06. The molecule has 0 aliphatic carbocycles. The Kier molecular flexibility index (Phi) is 4.22. The van der Waals surface area contributed by atoms with Crippen molar-refractivity contribution in [3.63, 3.8) is 0 Å². The number of nitrogens with zero attached hydrogens (tertiary/aromatic N) is 1. The van der Waals surface area contributed by atoms with E-state index < -0.39 is 0 Å². The van der Waals surface area contributed by atoms with Crippen LogP contribution < -0.4 is 10.6 Å². The summed E-state index contributed by atoms with van der Waals surface area (Å²) in [5.41, 5.74) is 0. The van der Waals surface area contributed by atoms with Gasteiger partial charge in [0.1, 0.15) is 0 Å². The molecule has 0 aromatic carbocycles. The van der Waals surface area contributed by atoms with Crippen molar-refractivity contribution in [1.29, 1.82) is 0 Å². The molecule has 2 aliphatic heterocycles. The van der Waals surface area contributed by atoms with E-state index in [2.05, 4.69) is 15.5 Å². The highest BCUT2D eigenvalue weighted by molar-refractivity contribution is 4.76. The van der Waals surface area contributed by atoms with E-state index >= 15 is 0 Å². The molecule has 0 radical (unpaired) electrons. The largest absolute Gasteiger partial charge is 0.314 e. The predicted octanol–water partition coefficient (Wildman–Crippen LogP) is 0.771. The summed E-state index contributed by atoms with van der Waals surface area (Å²) in [4.78, 5) is 2.63. The summed E-state index contributed by atoms with van der Waals surface area (Å²) in [5, 5.41) is 7.15. The molecule has 0 aromatic rings. The van der Waals surface area contributed by atoms with Crippen molar-refractivity contribution in [3.8, 4) is 0 Å². The Labute approximate surface area is 87.2 Å². The van der Waals surface area contributed by atoms with E-state index in [-0.39, 0.29) is 0 Å². The van der Waals surface area contributed by atoms with Gasteiger partial charge >= 0.3 is 0 Å². The maximum absolute atomic E-state index is 3.64. The smallest absolute Gasteiger partial charge is 0.0725 e. The monoisotopic (exact) mass is 197 g/mol. The first kappa shape index (κ1) is 10.4. The van der Waals surface area contributed by atoms with Crippen LogP contribution in [-0.2, 0) is 0 Å². The second-order valence-electron chi connectivity index (χ2n) is 4.48. The molecule has 1 atom stereocenters. The minimum Gasteiger partial charge on any atom is -0.314 e. The van der Waals surface area contributed by atoms with Gasteiger partial charge in [-0.25, -0.2) is 0 Å². The normalized spacial score (nSPS) is 32.1. The zero-order valence-corrected chi connectivity index (χ0v) is 9.10. The van der Waals surface area contributed by atoms with Crippen LogP contribution in [0.3, 0.4) is 0 Å². The van der Waals surface area contributed by atoms with Crippen molar-refractivity contribution >= 4 is 0 Å². The highest BCUT2D eigenvalue weighted by Gasteiger charge is 2.19. The lowest BCUT2D eigenvalue weighted by Crippen LogP contribution is -2.50. The van der Waals surface area contributed by atoms with Gasteiger partial charge in [-0.3, -0.25) is 4.90 Å². The van der Waals surface area contributed by atoms with Crippen LogP contribution in [0.25, 0.3) is 0 Å². The molecule has 2 saturated heterocycles. The van der Waals surface area contributed by atoms with Crippen LogP contribution >= 0.6 is 0 Å². The molecule has 3 nitrogen and oxygen atoms in total. The number of likely N-dealkylation sites (tertiary alicyclic amines) is 1. The second-order valence-corrected chi connectivity index (χ2v) is 4.48. The van der Waals surface area contributed by atoms with Gasteiger partial charge in [0, 0.05) is 6.54 Å². The molecule has 3 heteroatoms. The van der Waals surface area contributed by atoms with E-state index in [1.165, 1.54) is 58.3 Å². The van der Waals surface area contributed by atoms with Crippen molar-refractivity contribution in [2.45, 2.75) is 38.3 Å². The minimum absolute atomic E-state index is 0.593. The lowest BCUT2D eigenvalue weighted by molar-refractivity contribution is 0.175. The van der Waals surface area contributed by atoms with E-state index in [4.69, 9.17) is 0 Å². The Bertz CT molecular complexity index is 127. The molecule has 0 bridgehead atoms. The Balaban J connectivity index is 1.83. The minimum atomic E-state index is 0.593. The summed E-state index contributed by atoms with van der Waals surface area (Å²) in [5.74, 6) is 0. The van der Waals surface area contributed by atoms with Crippen LogP contribution in [0.5, 0.6) is 0 Å². The molecule has 2 rings (SSSR count). The molecule has 82 valence electrons. The van der Waals surface area contributed by atoms with E-state index in [1.807, 2.05) is 0 Å². The molecule has 1 unspecified atom stereocenters. The molecular formula is C11H23N3. The third kappa shape index (κ3) is 2.94. The topological polar surface area (TPSA) is 27.3 Å². The Morgan fingerprint density at radius 2 is 1.64 bits per heavy atom. The average molecular weight is 197 g/mol. The molecular weight excluding hydrogens is 174 g/mol. The fourth-order valence-corrected chi connectivity index (χ4v) is 2.46. The zero-order chi connectivity index (χ0) is 9.64. The van der Waals surface area contributed by atoms with Gasteiger partial charge in [-0.05, 0) is 45.4 Å². The van der Waals surface area contributed by atoms with Gasteiger partial charge in [-0.2, -0.15) is 0 Å². The summed E-state index contributed by atoms with van der Waals surface area (Å²) < 4.78 is 0. The number of hydrogen-bond acceptors (Lipinski definition) is 3. The third-order valence-corrected chi connectivity index (χ3v) is 3.33. The standard InChI is InChI=1S/C11H23N3/c1-2-4-9-14(8-3-1)11-10-12-6-5-7-13-11/h11-13H,1-10H2. The van der Waals surface area contributed by atoms with Crippen molar-refractivity contribution in [2.24, 2.45) is 0 Å². The SMILES string of the molecule is C1CCCN(C2CNCCCN2)CC1. The number of rotatable bonds is 1. The number of hydrogen-bond donors (Lipinski definition) is 2. The van der Waals surface area contributed by atoms with Gasteiger partial charge in [0.2, 0.25) is 0 Å². The fourth-order valence-electron chi connectivity index (χ4n) is 2.46. The average Bonchev–Trinajstić information content (AvgIpc) is 2.62. The van der Waals surface area contributed by atoms with Crippen LogP contribution in [0.2, 0.25) is 0 Å². The molecule has 0 spiro atoms. The molecule has 2 heterocycles. The predicted molar refractivity (Wildman–Crippen MR) is 59.3 cm³/mol. The summed E-state index contributed by atoms with van der Waals surface area (Å²) in [6.07, 6.45) is 7.49. The first-order valence-electron chi connectivity index (χ1n) is 6.15. The number of nitrogens with one attached hydrogen (secondary N) is 2. The van der Waals surface area contributed by atoms with Gasteiger partial charge in [-0.1, -0.05) is 12.8 Å². The molecule has 2 fully saturated rings. The van der Waals surface area contributed by atoms with Gasteiger partial charge in [0.05, 0.1) is 6.17 Å². The van der Waals surface area contributed by atoms with E-state index in [9.17, 15) is 0 Å². The van der Waals surface area contributed by atoms with E-state index in [1.54, 1.807) is 0 Å². The van der Waals surface area contributed by atoms with Crippen molar-refractivity contribution in [1.82, 2.24) is 15.5 Å². The van der Waals surface area contributed by atoms with Gasteiger partial charge in [-0.15, -0.1) is 0 Å². The molecule has 14 heavy (non-hydrogen) atoms. The van der Waals surface area contributed by atoms with Crippen molar-refractivity contribution in [3.05, 3.63) is 0 Å². The molecule has 2 aliphatic rings. The van der Waals surface area contributed by atoms with Crippen LogP contribution in [0.1, 0.15) is 32.1 Å². The highest BCUT2D eigenvalue weighted by Crippen LogP contribution is 2.11. The first-order valence-corrected chi connectivity index (χ1v) is 6.15. The lowest BCUT2D eigenvalue weighted by Gasteiger charge is -2.30. The van der Waals surface area contributed by atoms with Gasteiger partial charge < -0.3 is 10.6 Å². The molecule has 2 N–H and O–H groups in total. The highest BCUT2D eigenvalue weighted by atomic mass is 15.3. The fraction of sp³-hybridized carbons (Fsp3) is 1.00. The van der Waals surface area contributed by atoms with Gasteiger partial charge in [0.25, 0.3) is 0 Å². The zero-order valence-electron chi connectivity index (χ0n) is 9.10. The Morgan fingerprint density at radius 1 is 0.857 bits per heavy atom. The second kappa shape index (κ2) is 5.69. The Morgan fingerprint density at radius 3 is 2.43 bits per heavy atom.